The third kappa shape index (κ3) is 2.24. The zero-order chi connectivity index (χ0) is 13.8. The minimum atomic E-state index is -0.788. The van der Waals surface area contributed by atoms with Crippen LogP contribution in [0.2, 0.25) is 0 Å². The minimum Gasteiger partial charge on any atom is -0.402 e. The lowest BCUT2D eigenvalue weighted by Crippen LogP contribution is -2.28. The fourth-order valence-electron chi connectivity index (χ4n) is 1.69. The lowest BCUT2D eigenvalue weighted by molar-refractivity contribution is -0.122. The Bertz CT molecular complexity index is 611. The molecule has 1 aromatic carbocycles. The predicted octanol–water partition coefficient (Wildman–Crippen LogP) is 2.09. The van der Waals surface area contributed by atoms with Crippen LogP contribution >= 0.6 is 0 Å². The van der Waals surface area contributed by atoms with Crippen molar-refractivity contribution in [1.82, 2.24) is 4.90 Å². The van der Waals surface area contributed by atoms with Gasteiger partial charge < -0.3 is 4.74 Å². The van der Waals surface area contributed by atoms with E-state index in [1.54, 1.807) is 30.3 Å². The number of carbonyl (C=O) groups is 2. The smallest absolute Gasteiger partial charge is 0.402 e. The van der Waals surface area contributed by atoms with E-state index in [1.165, 1.54) is 6.08 Å². The van der Waals surface area contributed by atoms with Gasteiger partial charge in [0.1, 0.15) is 11.6 Å². The van der Waals surface area contributed by atoms with Gasteiger partial charge in [0.2, 0.25) is 5.76 Å². The lowest BCUT2D eigenvalue weighted by Gasteiger charge is -2.05. The molecule has 5 nitrogen and oxygen atoms in total. The number of rotatable bonds is 3. The molecule has 0 saturated carbocycles. The molecule has 1 fully saturated rings. The Morgan fingerprint density at radius 2 is 2.05 bits per heavy atom. The van der Waals surface area contributed by atoms with Crippen molar-refractivity contribution < 1.29 is 14.3 Å². The second kappa shape index (κ2) is 5.19. The number of imide groups is 1. The van der Waals surface area contributed by atoms with Crippen LogP contribution in [0.3, 0.4) is 0 Å². The van der Waals surface area contributed by atoms with E-state index in [2.05, 4.69) is 6.58 Å². The number of hydrogen-bond acceptors (Lipinski definition) is 4. The summed E-state index contributed by atoms with van der Waals surface area (Å²) in [5.74, 6) is -0.856. The summed E-state index contributed by atoms with van der Waals surface area (Å²) in [6, 6.07) is 10.5. The van der Waals surface area contributed by atoms with Gasteiger partial charge in [0.25, 0.3) is 0 Å². The number of nitrogens with zero attached hydrogens (tertiary/aromatic N) is 2. The van der Waals surface area contributed by atoms with E-state index >= 15 is 0 Å². The predicted molar refractivity (Wildman–Crippen MR) is 67.4 cm³/mol. The molecule has 0 atom stereocenters. The Morgan fingerprint density at radius 3 is 2.63 bits per heavy atom. The topological polar surface area (TPSA) is 70.4 Å². The molecule has 1 saturated heterocycles. The van der Waals surface area contributed by atoms with E-state index in [0.29, 0.717) is 5.56 Å². The molecule has 2 rings (SSSR count). The fourth-order valence-corrected chi connectivity index (χ4v) is 1.69. The molecule has 94 valence electrons. The van der Waals surface area contributed by atoms with Crippen LogP contribution in [0.15, 0.2) is 48.7 Å². The van der Waals surface area contributed by atoms with Crippen molar-refractivity contribution in [2.75, 3.05) is 6.54 Å². The van der Waals surface area contributed by atoms with Crippen LogP contribution in [-0.4, -0.2) is 23.4 Å². The summed E-state index contributed by atoms with van der Waals surface area (Å²) in [6.45, 7) is 3.51. The number of amides is 2. The SMILES string of the molecule is C=CCN1C(=O)OC(=C(C#N)c2ccccc2)C1=O. The van der Waals surface area contributed by atoms with E-state index in [9.17, 15) is 14.9 Å². The average molecular weight is 254 g/mol. The molecule has 1 heterocycles. The van der Waals surface area contributed by atoms with Crippen molar-refractivity contribution in [3.05, 3.63) is 54.3 Å². The molecule has 0 spiro atoms. The van der Waals surface area contributed by atoms with Crippen LogP contribution < -0.4 is 0 Å². The first kappa shape index (κ1) is 12.6. The van der Waals surface area contributed by atoms with Gasteiger partial charge >= 0.3 is 12.0 Å². The van der Waals surface area contributed by atoms with Crippen LogP contribution in [0.4, 0.5) is 4.79 Å². The van der Waals surface area contributed by atoms with Crippen molar-refractivity contribution in [2.24, 2.45) is 0 Å². The number of cyclic esters (lactones) is 1. The maximum atomic E-state index is 12.0. The molecule has 1 aromatic rings. The van der Waals surface area contributed by atoms with Crippen molar-refractivity contribution in [1.29, 1.82) is 5.26 Å². The van der Waals surface area contributed by atoms with Crippen LogP contribution in [0.25, 0.3) is 5.57 Å². The van der Waals surface area contributed by atoms with Crippen molar-refractivity contribution in [3.8, 4) is 6.07 Å². The van der Waals surface area contributed by atoms with Crippen molar-refractivity contribution in [2.45, 2.75) is 0 Å². The van der Waals surface area contributed by atoms with Crippen LogP contribution in [0.5, 0.6) is 0 Å². The van der Waals surface area contributed by atoms with Crippen molar-refractivity contribution in [3.63, 3.8) is 0 Å². The highest BCUT2D eigenvalue weighted by molar-refractivity contribution is 6.13. The number of benzene rings is 1. The quantitative estimate of drug-likeness (QED) is 0.470. The van der Waals surface area contributed by atoms with Gasteiger partial charge in [0.05, 0.1) is 6.54 Å². The highest BCUT2D eigenvalue weighted by Crippen LogP contribution is 2.25. The Kier molecular flexibility index (Phi) is 3.44. The molecule has 0 aromatic heterocycles. The molecular formula is C14H10N2O3. The first-order valence-corrected chi connectivity index (χ1v) is 5.53. The Hall–Kier alpha value is -2.87. The summed E-state index contributed by atoms with van der Waals surface area (Å²) >= 11 is 0. The second-order valence-corrected chi connectivity index (χ2v) is 3.75. The maximum Gasteiger partial charge on any atom is 0.422 e. The molecule has 0 aliphatic carbocycles. The zero-order valence-electron chi connectivity index (χ0n) is 10.00. The van der Waals surface area contributed by atoms with E-state index in [4.69, 9.17) is 4.74 Å². The molecule has 0 bridgehead atoms. The van der Waals surface area contributed by atoms with E-state index in [0.717, 1.165) is 4.90 Å². The normalized spacial score (nSPS) is 16.9. The number of allylic oxidation sites excluding steroid dienone is 1. The third-order valence-electron chi connectivity index (χ3n) is 2.56. The van der Waals surface area contributed by atoms with Crippen LogP contribution in [0.1, 0.15) is 5.56 Å². The standard InChI is InChI=1S/C14H10N2O3/c1-2-8-16-13(17)12(19-14(16)18)11(9-15)10-6-4-3-5-7-10/h2-7H,1,8H2. The molecule has 1 aliphatic rings. The van der Waals surface area contributed by atoms with Gasteiger partial charge in [-0.1, -0.05) is 36.4 Å². The second-order valence-electron chi connectivity index (χ2n) is 3.75. The highest BCUT2D eigenvalue weighted by Gasteiger charge is 2.38. The molecule has 0 radical (unpaired) electrons. The molecule has 1 aliphatic heterocycles. The summed E-state index contributed by atoms with van der Waals surface area (Å²) in [4.78, 5) is 24.4. The monoisotopic (exact) mass is 254 g/mol. The molecule has 0 unspecified atom stereocenters. The lowest BCUT2D eigenvalue weighted by atomic mass is 10.1. The van der Waals surface area contributed by atoms with Crippen molar-refractivity contribution >= 4 is 17.6 Å². The first-order valence-electron chi connectivity index (χ1n) is 5.53. The first-order chi connectivity index (χ1) is 9.19. The summed E-state index contributed by atoms with van der Waals surface area (Å²) in [5, 5.41) is 9.17. The maximum absolute atomic E-state index is 12.0. The number of carbonyl (C=O) groups excluding carboxylic acids is 2. The van der Waals surface area contributed by atoms with Gasteiger partial charge in [0, 0.05) is 0 Å². The Morgan fingerprint density at radius 1 is 1.37 bits per heavy atom. The number of ether oxygens (including phenoxy) is 1. The van der Waals surface area contributed by atoms with Gasteiger partial charge in [-0.2, -0.15) is 5.26 Å². The molecule has 2 amide bonds. The largest absolute Gasteiger partial charge is 0.422 e. The molecular weight excluding hydrogens is 244 g/mol. The summed E-state index contributed by atoms with van der Waals surface area (Å²) in [6.07, 6.45) is 0.625. The van der Waals surface area contributed by atoms with Gasteiger partial charge in [-0.3, -0.25) is 4.79 Å². The molecule has 19 heavy (non-hydrogen) atoms. The molecule has 0 N–H and O–H groups in total. The van der Waals surface area contributed by atoms with Gasteiger partial charge in [-0.05, 0) is 5.56 Å². The van der Waals surface area contributed by atoms with E-state index in [-0.39, 0.29) is 17.9 Å². The number of nitriles is 1. The summed E-state index contributed by atoms with van der Waals surface area (Å²) in [5.41, 5.74) is 0.576. The fraction of sp³-hybridized carbons (Fsp3) is 0.0714. The minimum absolute atomic E-state index is 0.0468. The van der Waals surface area contributed by atoms with Gasteiger partial charge in [0.15, 0.2) is 0 Å². The van der Waals surface area contributed by atoms with E-state index in [1.807, 2.05) is 6.07 Å². The Balaban J connectivity index is 2.47. The van der Waals surface area contributed by atoms with Crippen LogP contribution in [0, 0.1) is 11.3 Å². The zero-order valence-corrected chi connectivity index (χ0v) is 10.00. The number of hydrogen-bond donors (Lipinski definition) is 0. The molecule has 5 heteroatoms. The van der Waals surface area contributed by atoms with E-state index < -0.39 is 12.0 Å². The van der Waals surface area contributed by atoms with Crippen LogP contribution in [-0.2, 0) is 9.53 Å². The van der Waals surface area contributed by atoms with Gasteiger partial charge in [-0.25, -0.2) is 9.69 Å². The average Bonchev–Trinajstić information content (AvgIpc) is 2.70. The summed E-state index contributed by atoms with van der Waals surface area (Å²) in [7, 11) is 0. The third-order valence-corrected chi connectivity index (χ3v) is 2.56. The summed E-state index contributed by atoms with van der Waals surface area (Å²) < 4.78 is 4.89. The van der Waals surface area contributed by atoms with Gasteiger partial charge in [-0.15, -0.1) is 6.58 Å². The Labute approximate surface area is 110 Å². The highest BCUT2D eigenvalue weighted by atomic mass is 16.6.